The normalized spacial score (nSPS) is 12.2. The number of anilines is 1. The predicted molar refractivity (Wildman–Crippen MR) is 69.3 cm³/mol. The second-order valence-corrected chi connectivity index (χ2v) is 4.64. The van der Waals surface area contributed by atoms with Crippen molar-refractivity contribution in [2.24, 2.45) is 0 Å². The maximum Gasteiger partial charge on any atom is 0.292 e. The average molecular weight is 240 g/mol. The van der Waals surface area contributed by atoms with Gasteiger partial charge in [0.2, 0.25) is 0 Å². The molecule has 0 aliphatic heterocycles. The van der Waals surface area contributed by atoms with Gasteiger partial charge in [-0.3, -0.25) is 10.1 Å². The minimum Gasteiger partial charge on any atom is -0.376 e. The first-order chi connectivity index (χ1) is 7.56. The highest BCUT2D eigenvalue weighted by Crippen LogP contribution is 2.28. The number of thioether (sulfide) groups is 1. The molecule has 0 amide bonds. The van der Waals surface area contributed by atoms with E-state index >= 15 is 0 Å². The molecule has 88 valence electrons. The summed E-state index contributed by atoms with van der Waals surface area (Å²) in [5, 5.41) is 14.1. The molecule has 1 aromatic carbocycles. The molecule has 0 spiro atoms. The van der Waals surface area contributed by atoms with Crippen LogP contribution in [0.25, 0.3) is 0 Å². The van der Waals surface area contributed by atoms with Gasteiger partial charge in [0, 0.05) is 17.9 Å². The Bertz CT molecular complexity index is 382. The number of para-hydroxylation sites is 1. The van der Waals surface area contributed by atoms with Gasteiger partial charge >= 0.3 is 0 Å². The van der Waals surface area contributed by atoms with Crippen LogP contribution in [0.4, 0.5) is 11.4 Å². The quantitative estimate of drug-likeness (QED) is 0.634. The number of nitro benzene ring substituents is 1. The van der Waals surface area contributed by atoms with E-state index in [4.69, 9.17) is 0 Å². The van der Waals surface area contributed by atoms with Gasteiger partial charge in [-0.1, -0.05) is 12.1 Å². The van der Waals surface area contributed by atoms with E-state index in [0.717, 1.165) is 11.3 Å². The van der Waals surface area contributed by atoms with E-state index in [9.17, 15) is 10.1 Å². The number of nitrogens with zero attached hydrogens (tertiary/aromatic N) is 1. The molecule has 1 rings (SSSR count). The monoisotopic (exact) mass is 240 g/mol. The topological polar surface area (TPSA) is 55.2 Å². The zero-order chi connectivity index (χ0) is 12.1. The molecule has 0 heterocycles. The Morgan fingerprint density at radius 3 is 2.81 bits per heavy atom. The summed E-state index contributed by atoms with van der Waals surface area (Å²) < 4.78 is 0. The van der Waals surface area contributed by atoms with E-state index < -0.39 is 0 Å². The van der Waals surface area contributed by atoms with Crippen LogP contribution in [0, 0.1) is 17.0 Å². The standard InChI is InChI=1S/C11H16N2O2S/c1-8-5-4-6-10(13(14)15)11(8)12-9(2)7-16-3/h4-6,9,12H,7H2,1-3H3. The molecular formula is C11H16N2O2S. The summed E-state index contributed by atoms with van der Waals surface area (Å²) in [7, 11) is 0. The molecule has 0 saturated carbocycles. The molecule has 0 aromatic heterocycles. The Morgan fingerprint density at radius 1 is 1.56 bits per heavy atom. The third-order valence-electron chi connectivity index (χ3n) is 2.25. The van der Waals surface area contributed by atoms with E-state index in [-0.39, 0.29) is 16.7 Å². The molecule has 1 N–H and O–H groups in total. The number of nitro groups is 1. The molecule has 5 heteroatoms. The lowest BCUT2D eigenvalue weighted by Crippen LogP contribution is -2.19. The summed E-state index contributed by atoms with van der Waals surface area (Å²) in [4.78, 5) is 10.5. The highest BCUT2D eigenvalue weighted by atomic mass is 32.2. The second-order valence-electron chi connectivity index (χ2n) is 3.73. The van der Waals surface area contributed by atoms with Gasteiger partial charge in [-0.25, -0.2) is 0 Å². The fourth-order valence-electron chi connectivity index (χ4n) is 1.53. The van der Waals surface area contributed by atoms with Crippen LogP contribution >= 0.6 is 11.8 Å². The van der Waals surface area contributed by atoms with Crippen LogP contribution < -0.4 is 5.32 Å². The Kier molecular flexibility index (Phi) is 4.61. The molecule has 0 bridgehead atoms. The molecule has 0 radical (unpaired) electrons. The van der Waals surface area contributed by atoms with Gasteiger partial charge in [0.1, 0.15) is 5.69 Å². The van der Waals surface area contributed by atoms with Crippen molar-refractivity contribution in [2.75, 3.05) is 17.3 Å². The summed E-state index contributed by atoms with van der Waals surface area (Å²) in [6.45, 7) is 3.90. The van der Waals surface area contributed by atoms with Crippen molar-refractivity contribution >= 4 is 23.1 Å². The van der Waals surface area contributed by atoms with Gasteiger partial charge in [-0.15, -0.1) is 0 Å². The van der Waals surface area contributed by atoms with Crippen LogP contribution in [0.1, 0.15) is 12.5 Å². The first kappa shape index (κ1) is 12.8. The number of hydrogen-bond acceptors (Lipinski definition) is 4. The van der Waals surface area contributed by atoms with E-state index in [2.05, 4.69) is 5.32 Å². The first-order valence-electron chi connectivity index (χ1n) is 5.05. The molecule has 1 aromatic rings. The first-order valence-corrected chi connectivity index (χ1v) is 6.45. The zero-order valence-corrected chi connectivity index (χ0v) is 10.5. The van der Waals surface area contributed by atoms with E-state index in [0.29, 0.717) is 5.69 Å². The average Bonchev–Trinajstić information content (AvgIpc) is 2.21. The molecule has 16 heavy (non-hydrogen) atoms. The fraction of sp³-hybridized carbons (Fsp3) is 0.455. The largest absolute Gasteiger partial charge is 0.376 e. The molecular weight excluding hydrogens is 224 g/mol. The molecule has 4 nitrogen and oxygen atoms in total. The predicted octanol–water partition coefficient (Wildman–Crippen LogP) is 3.07. The number of rotatable bonds is 5. The van der Waals surface area contributed by atoms with E-state index in [1.165, 1.54) is 6.07 Å². The maximum absolute atomic E-state index is 10.9. The smallest absolute Gasteiger partial charge is 0.292 e. The molecule has 0 fully saturated rings. The maximum atomic E-state index is 10.9. The van der Waals surface area contributed by atoms with E-state index in [1.807, 2.05) is 26.2 Å². The van der Waals surface area contributed by atoms with Crippen LogP contribution in [0.5, 0.6) is 0 Å². The molecule has 1 atom stereocenters. The van der Waals surface area contributed by atoms with Gasteiger partial charge in [-0.05, 0) is 25.7 Å². The third kappa shape index (κ3) is 3.13. The Hall–Kier alpha value is -1.23. The van der Waals surface area contributed by atoms with Crippen molar-refractivity contribution in [3.8, 4) is 0 Å². The second kappa shape index (κ2) is 5.75. The lowest BCUT2D eigenvalue weighted by molar-refractivity contribution is -0.384. The van der Waals surface area contributed by atoms with Crippen molar-refractivity contribution in [3.63, 3.8) is 0 Å². The van der Waals surface area contributed by atoms with Crippen molar-refractivity contribution < 1.29 is 4.92 Å². The summed E-state index contributed by atoms with van der Waals surface area (Å²) in [5.74, 6) is 0.922. The summed E-state index contributed by atoms with van der Waals surface area (Å²) in [6, 6.07) is 5.33. The lowest BCUT2D eigenvalue weighted by atomic mass is 10.1. The van der Waals surface area contributed by atoms with Crippen LogP contribution in [-0.4, -0.2) is 23.0 Å². The van der Waals surface area contributed by atoms with E-state index in [1.54, 1.807) is 17.8 Å². The molecule has 1 unspecified atom stereocenters. The lowest BCUT2D eigenvalue weighted by Gasteiger charge is -2.15. The van der Waals surface area contributed by atoms with Crippen LogP contribution in [-0.2, 0) is 0 Å². The summed E-state index contributed by atoms with van der Waals surface area (Å²) in [6.07, 6.45) is 2.02. The molecule has 0 aliphatic carbocycles. The minimum atomic E-state index is -0.346. The van der Waals surface area contributed by atoms with Crippen LogP contribution in [0.15, 0.2) is 18.2 Å². The van der Waals surface area contributed by atoms with Crippen molar-refractivity contribution in [1.82, 2.24) is 0 Å². The highest BCUT2D eigenvalue weighted by Gasteiger charge is 2.16. The minimum absolute atomic E-state index is 0.146. The highest BCUT2D eigenvalue weighted by molar-refractivity contribution is 7.98. The summed E-state index contributed by atoms with van der Waals surface area (Å²) in [5.41, 5.74) is 1.68. The zero-order valence-electron chi connectivity index (χ0n) is 9.69. The van der Waals surface area contributed by atoms with Crippen LogP contribution in [0.2, 0.25) is 0 Å². The number of benzene rings is 1. The third-order valence-corrected chi connectivity index (χ3v) is 3.09. The number of aryl methyl sites for hydroxylation is 1. The van der Waals surface area contributed by atoms with Gasteiger partial charge in [-0.2, -0.15) is 11.8 Å². The Labute approximate surface area is 99.6 Å². The molecule has 0 saturated heterocycles. The fourth-order valence-corrected chi connectivity index (χ4v) is 2.11. The summed E-state index contributed by atoms with van der Waals surface area (Å²) >= 11 is 1.72. The number of hydrogen-bond donors (Lipinski definition) is 1. The number of nitrogens with one attached hydrogen (secondary N) is 1. The van der Waals surface area contributed by atoms with Gasteiger partial charge < -0.3 is 5.32 Å². The Balaban J connectivity index is 2.97. The van der Waals surface area contributed by atoms with Crippen molar-refractivity contribution in [2.45, 2.75) is 19.9 Å². The Morgan fingerprint density at radius 2 is 2.25 bits per heavy atom. The van der Waals surface area contributed by atoms with Gasteiger partial charge in [0.15, 0.2) is 0 Å². The SMILES string of the molecule is CSCC(C)Nc1c(C)cccc1[N+](=O)[O-]. The van der Waals surface area contributed by atoms with Gasteiger partial charge in [0.05, 0.1) is 4.92 Å². The van der Waals surface area contributed by atoms with Gasteiger partial charge in [0.25, 0.3) is 5.69 Å². The van der Waals surface area contributed by atoms with Crippen molar-refractivity contribution in [3.05, 3.63) is 33.9 Å². The van der Waals surface area contributed by atoms with Crippen LogP contribution in [0.3, 0.4) is 0 Å². The molecule has 0 aliphatic rings. The van der Waals surface area contributed by atoms with Crippen molar-refractivity contribution in [1.29, 1.82) is 0 Å².